The molecule has 1 atom stereocenters. The Hall–Kier alpha value is -1.51. The molecule has 0 heterocycles. The van der Waals surface area contributed by atoms with Crippen molar-refractivity contribution in [3.63, 3.8) is 0 Å². The smallest absolute Gasteiger partial charge is 0.407 e. The van der Waals surface area contributed by atoms with Crippen LogP contribution in [0.3, 0.4) is 0 Å². The van der Waals surface area contributed by atoms with Crippen molar-refractivity contribution >= 4 is 6.09 Å². The third-order valence-electron chi connectivity index (χ3n) is 2.64. The molecular weight excluding hydrogens is 202 g/mol. The zero-order valence-electron chi connectivity index (χ0n) is 10.1. The summed E-state index contributed by atoms with van der Waals surface area (Å²) in [6, 6.07) is 8.17. The first-order chi connectivity index (χ1) is 7.67. The molecule has 0 spiro atoms. The van der Waals surface area contributed by atoms with Crippen LogP contribution in [0.4, 0.5) is 4.79 Å². The van der Waals surface area contributed by atoms with Gasteiger partial charge in [0, 0.05) is 13.5 Å². The molecule has 3 heteroatoms. The van der Waals surface area contributed by atoms with E-state index in [1.54, 1.807) is 7.05 Å². The topological polar surface area (TPSA) is 38.3 Å². The number of hydrogen-bond donors (Lipinski definition) is 1. The summed E-state index contributed by atoms with van der Waals surface area (Å²) in [7, 11) is 1.57. The summed E-state index contributed by atoms with van der Waals surface area (Å²) in [5.74, 6) is 0. The lowest BCUT2D eigenvalue weighted by atomic mass is 10.0. The van der Waals surface area contributed by atoms with Crippen LogP contribution < -0.4 is 5.32 Å². The lowest BCUT2D eigenvalue weighted by Crippen LogP contribution is -2.27. The molecule has 16 heavy (non-hydrogen) atoms. The van der Waals surface area contributed by atoms with Gasteiger partial charge in [-0.05, 0) is 24.5 Å². The molecule has 0 aliphatic heterocycles. The van der Waals surface area contributed by atoms with Gasteiger partial charge in [0.05, 0.1) is 0 Å². The number of carbonyl (C=O) groups is 1. The van der Waals surface area contributed by atoms with E-state index in [1.165, 1.54) is 11.1 Å². The lowest BCUT2D eigenvalue weighted by molar-refractivity contribution is 0.0970. The maximum Gasteiger partial charge on any atom is 0.407 e. The standard InChI is InChI=1S/C13H19NO2/c1-4-12(16-13(15)14-3)9-11-8-6-5-7-10(11)2/h5-8,12H,4,9H2,1-3H3,(H,14,15). The molecule has 0 saturated carbocycles. The Morgan fingerprint density at radius 3 is 2.69 bits per heavy atom. The SMILES string of the molecule is CCC(Cc1ccccc1C)OC(=O)NC. The Bertz CT molecular complexity index is 350. The van der Waals surface area contributed by atoms with Crippen LogP contribution in [-0.2, 0) is 11.2 Å². The van der Waals surface area contributed by atoms with E-state index in [2.05, 4.69) is 24.4 Å². The highest BCUT2D eigenvalue weighted by atomic mass is 16.6. The van der Waals surface area contributed by atoms with Crippen molar-refractivity contribution in [1.29, 1.82) is 0 Å². The third kappa shape index (κ3) is 3.57. The lowest BCUT2D eigenvalue weighted by Gasteiger charge is -2.16. The summed E-state index contributed by atoms with van der Waals surface area (Å²) in [4.78, 5) is 11.1. The van der Waals surface area contributed by atoms with E-state index < -0.39 is 0 Å². The average Bonchev–Trinajstić information content (AvgIpc) is 2.30. The van der Waals surface area contributed by atoms with E-state index in [0.717, 1.165) is 12.8 Å². The second kappa shape index (κ2) is 6.16. The fourth-order valence-corrected chi connectivity index (χ4v) is 1.56. The number of nitrogens with one attached hydrogen (secondary N) is 1. The summed E-state index contributed by atoms with van der Waals surface area (Å²) in [5.41, 5.74) is 2.47. The van der Waals surface area contributed by atoms with Gasteiger partial charge >= 0.3 is 6.09 Å². The number of carbonyl (C=O) groups excluding carboxylic acids is 1. The van der Waals surface area contributed by atoms with Gasteiger partial charge in [0.15, 0.2) is 0 Å². The molecule has 1 aromatic carbocycles. The van der Waals surface area contributed by atoms with Crippen LogP contribution in [0.2, 0.25) is 0 Å². The van der Waals surface area contributed by atoms with E-state index >= 15 is 0 Å². The fourth-order valence-electron chi connectivity index (χ4n) is 1.56. The first kappa shape index (κ1) is 12.6. The van der Waals surface area contributed by atoms with Crippen LogP contribution in [0.15, 0.2) is 24.3 Å². The molecule has 1 aromatic rings. The summed E-state index contributed by atoms with van der Waals surface area (Å²) >= 11 is 0. The minimum absolute atomic E-state index is 0.0546. The predicted octanol–water partition coefficient (Wildman–Crippen LogP) is 2.67. The quantitative estimate of drug-likeness (QED) is 0.848. The van der Waals surface area contributed by atoms with Gasteiger partial charge in [-0.25, -0.2) is 4.79 Å². The van der Waals surface area contributed by atoms with Crippen LogP contribution in [0.1, 0.15) is 24.5 Å². The van der Waals surface area contributed by atoms with Crippen LogP contribution in [0, 0.1) is 6.92 Å². The minimum atomic E-state index is -0.361. The normalized spacial score (nSPS) is 11.9. The molecular formula is C13H19NO2. The van der Waals surface area contributed by atoms with Crippen LogP contribution >= 0.6 is 0 Å². The summed E-state index contributed by atoms with van der Waals surface area (Å²) in [6.45, 7) is 4.09. The van der Waals surface area contributed by atoms with Crippen molar-refractivity contribution in [3.8, 4) is 0 Å². The third-order valence-corrected chi connectivity index (χ3v) is 2.64. The fraction of sp³-hybridized carbons (Fsp3) is 0.462. The highest BCUT2D eigenvalue weighted by Crippen LogP contribution is 2.13. The molecule has 0 bridgehead atoms. The van der Waals surface area contributed by atoms with Crippen LogP contribution in [0.5, 0.6) is 0 Å². The molecule has 0 aliphatic carbocycles. The maximum absolute atomic E-state index is 11.1. The number of rotatable bonds is 4. The molecule has 1 unspecified atom stereocenters. The largest absolute Gasteiger partial charge is 0.446 e. The van der Waals surface area contributed by atoms with Crippen LogP contribution in [0.25, 0.3) is 0 Å². The molecule has 0 fully saturated rings. The second-order valence-corrected chi connectivity index (χ2v) is 3.82. The molecule has 1 rings (SSSR count). The van der Waals surface area contributed by atoms with E-state index in [0.29, 0.717) is 0 Å². The maximum atomic E-state index is 11.1. The summed E-state index contributed by atoms with van der Waals surface area (Å²) in [5, 5.41) is 2.47. The van der Waals surface area contributed by atoms with E-state index in [9.17, 15) is 4.79 Å². The first-order valence-corrected chi connectivity index (χ1v) is 5.60. The molecule has 3 nitrogen and oxygen atoms in total. The Balaban J connectivity index is 2.63. The number of hydrogen-bond acceptors (Lipinski definition) is 2. The Labute approximate surface area is 96.8 Å². The molecule has 0 saturated heterocycles. The Kier molecular flexibility index (Phi) is 4.83. The Morgan fingerprint density at radius 1 is 1.44 bits per heavy atom. The van der Waals surface area contributed by atoms with Crippen molar-refractivity contribution in [3.05, 3.63) is 35.4 Å². The summed E-state index contributed by atoms with van der Waals surface area (Å²) < 4.78 is 5.26. The summed E-state index contributed by atoms with van der Waals surface area (Å²) in [6.07, 6.45) is 1.18. The van der Waals surface area contributed by atoms with Gasteiger partial charge in [-0.15, -0.1) is 0 Å². The first-order valence-electron chi connectivity index (χ1n) is 5.60. The molecule has 0 aliphatic rings. The van der Waals surface area contributed by atoms with Gasteiger partial charge in [-0.1, -0.05) is 31.2 Å². The van der Waals surface area contributed by atoms with E-state index in [1.807, 2.05) is 19.1 Å². The number of ether oxygens (including phenoxy) is 1. The zero-order valence-corrected chi connectivity index (χ0v) is 10.1. The zero-order chi connectivity index (χ0) is 12.0. The molecule has 1 N–H and O–H groups in total. The van der Waals surface area contributed by atoms with E-state index in [-0.39, 0.29) is 12.2 Å². The highest BCUT2D eigenvalue weighted by Gasteiger charge is 2.12. The van der Waals surface area contributed by atoms with Gasteiger partial charge < -0.3 is 10.1 Å². The molecule has 0 radical (unpaired) electrons. The predicted molar refractivity (Wildman–Crippen MR) is 64.5 cm³/mol. The van der Waals surface area contributed by atoms with Crippen molar-refractivity contribution in [2.75, 3.05) is 7.05 Å². The molecule has 1 amide bonds. The Morgan fingerprint density at radius 2 is 2.12 bits per heavy atom. The van der Waals surface area contributed by atoms with Crippen molar-refractivity contribution < 1.29 is 9.53 Å². The van der Waals surface area contributed by atoms with E-state index in [4.69, 9.17) is 4.74 Å². The molecule has 0 aromatic heterocycles. The number of alkyl carbamates (subject to hydrolysis) is 1. The van der Waals surface area contributed by atoms with Crippen molar-refractivity contribution in [1.82, 2.24) is 5.32 Å². The van der Waals surface area contributed by atoms with Crippen molar-refractivity contribution in [2.24, 2.45) is 0 Å². The number of amides is 1. The monoisotopic (exact) mass is 221 g/mol. The van der Waals surface area contributed by atoms with Gasteiger partial charge in [0.1, 0.15) is 6.10 Å². The molecule has 88 valence electrons. The highest BCUT2D eigenvalue weighted by molar-refractivity contribution is 5.66. The van der Waals surface area contributed by atoms with Gasteiger partial charge in [-0.3, -0.25) is 0 Å². The number of aryl methyl sites for hydroxylation is 1. The van der Waals surface area contributed by atoms with Crippen molar-refractivity contribution in [2.45, 2.75) is 32.8 Å². The average molecular weight is 221 g/mol. The van der Waals surface area contributed by atoms with Crippen LogP contribution in [-0.4, -0.2) is 19.2 Å². The second-order valence-electron chi connectivity index (χ2n) is 3.82. The number of benzene rings is 1. The van der Waals surface area contributed by atoms with Gasteiger partial charge in [0.25, 0.3) is 0 Å². The minimum Gasteiger partial charge on any atom is -0.446 e. The van der Waals surface area contributed by atoms with Gasteiger partial charge in [0.2, 0.25) is 0 Å². The van der Waals surface area contributed by atoms with Gasteiger partial charge in [-0.2, -0.15) is 0 Å².